The minimum atomic E-state index is 0.475. The van der Waals surface area contributed by atoms with Crippen molar-refractivity contribution in [1.82, 2.24) is 58.1 Å². The zero-order chi connectivity index (χ0) is 49.5. The maximum Gasteiger partial charge on any atom is 0.144 e. The lowest BCUT2D eigenvalue weighted by molar-refractivity contribution is 0.0665. The molecule has 8 aromatic heterocycles. The minimum absolute atomic E-state index is 0.475. The van der Waals surface area contributed by atoms with Crippen molar-refractivity contribution in [2.24, 2.45) is 0 Å². The molecule has 8 bridgehead atoms. The smallest absolute Gasteiger partial charge is 0.144 e. The maximum absolute atomic E-state index is 5.95. The summed E-state index contributed by atoms with van der Waals surface area (Å²) in [6, 6.07) is 16.8. The average molecular weight is 985 g/mol. The number of hydrogen-bond donors (Lipinski definition) is 4. The van der Waals surface area contributed by atoms with Crippen LogP contribution < -0.4 is 21.4 Å². The fourth-order valence-corrected chi connectivity index (χ4v) is 8.79. The van der Waals surface area contributed by atoms with Crippen LogP contribution in [0.1, 0.15) is 46.1 Å². The Hall–Kier alpha value is -6.88. The fraction of sp³-hybridized carbons (Fsp3) is 0.385. The molecule has 0 unspecified atom stereocenters. The number of hydrogen-bond acceptors (Lipinski definition) is 12. The lowest BCUT2D eigenvalue weighted by Crippen LogP contribution is -2.22. The number of rotatable bonds is 28. The SMILES string of the molecule is COCCOCCn1ccnc1C1=c2ccc([nH]2)=C(c2nccn2CCOCCOC)c2ccc([nH]2)C(c2nccn2CCOCCOC)=c2ccc([nH]2)=C(c2nccn2CCOCCOC)c2ccc1[nH]2. The number of imidazole rings is 4. The highest BCUT2D eigenvalue weighted by molar-refractivity contribution is 5.81. The summed E-state index contributed by atoms with van der Waals surface area (Å²) in [6.07, 6.45) is 15.2. The van der Waals surface area contributed by atoms with Crippen LogP contribution in [0, 0.1) is 0 Å². The molecule has 9 rings (SSSR count). The van der Waals surface area contributed by atoms with Gasteiger partial charge in [-0.15, -0.1) is 0 Å². The molecule has 72 heavy (non-hydrogen) atoms. The van der Waals surface area contributed by atoms with Crippen LogP contribution in [0.15, 0.2) is 98.1 Å². The van der Waals surface area contributed by atoms with E-state index in [-0.39, 0.29) is 0 Å². The molecule has 0 saturated carbocycles. The number of aromatic amines is 4. The van der Waals surface area contributed by atoms with Crippen molar-refractivity contribution in [1.29, 1.82) is 0 Å². The third-order valence-electron chi connectivity index (χ3n) is 12.3. The highest BCUT2D eigenvalue weighted by Gasteiger charge is 2.24. The number of nitrogens with zero attached hydrogens (tertiary/aromatic N) is 8. The molecule has 8 aromatic rings. The minimum Gasteiger partial charge on any atom is -0.382 e. The van der Waals surface area contributed by atoms with E-state index in [1.807, 2.05) is 49.6 Å². The van der Waals surface area contributed by atoms with Crippen molar-refractivity contribution in [3.05, 3.63) is 166 Å². The zero-order valence-corrected chi connectivity index (χ0v) is 41.4. The Balaban J connectivity index is 1.28. The fourth-order valence-electron chi connectivity index (χ4n) is 8.79. The van der Waals surface area contributed by atoms with Crippen molar-refractivity contribution in [2.75, 3.05) is 108 Å². The van der Waals surface area contributed by atoms with Gasteiger partial charge in [0.15, 0.2) is 0 Å². The van der Waals surface area contributed by atoms with Gasteiger partial charge in [0.2, 0.25) is 0 Å². The van der Waals surface area contributed by atoms with E-state index >= 15 is 0 Å². The van der Waals surface area contributed by atoms with Crippen LogP contribution >= 0.6 is 0 Å². The molecule has 0 fully saturated rings. The first-order valence-electron chi connectivity index (χ1n) is 24.2. The standard InChI is InChI=1S/C52H64N12O8/c1-65-29-33-69-25-21-61-17-13-53-49(61)45-37-5-7-39(57-37)46(50-54-14-18-62(50)22-26-70-34-30-66-2)41-9-11-43(59-41)48(52-56-16-20-64(52)24-28-72-36-32-68-4)44-12-10-42(60-44)47(40-8-6-38(45)58-40)51-55-15-19-63(51)23-27-71-35-31-67-3/h5-20,57-60H,21-36H2,1-4H3. The molecule has 1 aliphatic heterocycles. The van der Waals surface area contributed by atoms with Crippen LogP contribution in [0.5, 0.6) is 0 Å². The van der Waals surface area contributed by atoms with Gasteiger partial charge in [0.1, 0.15) is 23.3 Å². The van der Waals surface area contributed by atoms with Gasteiger partial charge in [-0.3, -0.25) is 0 Å². The first-order chi connectivity index (χ1) is 35.6. The molecule has 0 aromatic carbocycles. The van der Waals surface area contributed by atoms with Gasteiger partial charge in [0.05, 0.1) is 146 Å². The predicted molar refractivity (Wildman–Crippen MR) is 268 cm³/mol. The Morgan fingerprint density at radius 1 is 0.319 bits per heavy atom. The predicted octanol–water partition coefficient (Wildman–Crippen LogP) is 1.74. The van der Waals surface area contributed by atoms with E-state index in [0.717, 1.165) is 89.8 Å². The molecule has 0 amide bonds. The van der Waals surface area contributed by atoms with Gasteiger partial charge in [-0.1, -0.05) is 0 Å². The molecule has 20 nitrogen and oxygen atoms in total. The summed E-state index contributed by atoms with van der Waals surface area (Å²) in [5.41, 5.74) is 6.78. The molecule has 0 aliphatic carbocycles. The third kappa shape index (κ3) is 11.6. The Morgan fingerprint density at radius 2 is 0.569 bits per heavy atom. The lowest BCUT2D eigenvalue weighted by atomic mass is 10.1. The van der Waals surface area contributed by atoms with E-state index < -0.39 is 0 Å². The monoisotopic (exact) mass is 984 g/mol. The summed E-state index contributed by atoms with van der Waals surface area (Å²) in [4.78, 5) is 35.4. The molecule has 0 atom stereocenters. The van der Waals surface area contributed by atoms with Crippen molar-refractivity contribution in [3.8, 4) is 0 Å². The van der Waals surface area contributed by atoms with E-state index in [9.17, 15) is 0 Å². The summed E-state index contributed by atoms with van der Waals surface area (Å²) in [6.45, 7) is 8.21. The number of aromatic nitrogens is 12. The second kappa shape index (κ2) is 25.0. The Kier molecular flexibility index (Phi) is 17.4. The summed E-state index contributed by atoms with van der Waals surface area (Å²) in [7, 11) is 6.68. The first-order valence-corrected chi connectivity index (χ1v) is 24.2. The number of methoxy groups -OCH3 is 4. The van der Waals surface area contributed by atoms with Gasteiger partial charge in [-0.25, -0.2) is 19.9 Å². The van der Waals surface area contributed by atoms with E-state index in [1.165, 1.54) is 0 Å². The van der Waals surface area contributed by atoms with Crippen molar-refractivity contribution < 1.29 is 37.9 Å². The van der Waals surface area contributed by atoms with Gasteiger partial charge < -0.3 is 76.1 Å². The van der Waals surface area contributed by atoms with Gasteiger partial charge in [-0.2, -0.15) is 0 Å². The molecule has 9 heterocycles. The normalized spacial score (nSPS) is 12.8. The van der Waals surface area contributed by atoms with Crippen molar-refractivity contribution >= 4 is 22.3 Å². The molecule has 0 radical (unpaired) electrons. The van der Waals surface area contributed by atoms with Gasteiger partial charge in [-0.05, 0) is 48.5 Å². The van der Waals surface area contributed by atoms with Crippen molar-refractivity contribution in [3.63, 3.8) is 0 Å². The Morgan fingerprint density at radius 3 is 0.806 bits per heavy atom. The molecular formula is C52H64N12O8. The molecule has 380 valence electrons. The van der Waals surface area contributed by atoms with E-state index in [4.69, 9.17) is 57.8 Å². The molecule has 0 saturated heterocycles. The average Bonchev–Trinajstić information content (AvgIpc) is 4.24. The van der Waals surface area contributed by atoms with Crippen LogP contribution in [0.3, 0.4) is 0 Å². The zero-order valence-electron chi connectivity index (χ0n) is 41.4. The number of nitrogens with one attached hydrogen (secondary N) is 4. The molecule has 0 spiro atoms. The number of ether oxygens (including phenoxy) is 8. The van der Waals surface area contributed by atoms with Crippen molar-refractivity contribution in [2.45, 2.75) is 26.2 Å². The second-order valence-electron chi connectivity index (χ2n) is 16.8. The highest BCUT2D eigenvalue weighted by Crippen LogP contribution is 2.27. The first kappa shape index (κ1) is 50.1. The number of fused-ring (bicyclic) bond motifs is 8. The lowest BCUT2D eigenvalue weighted by Gasteiger charge is -2.13. The quantitative estimate of drug-likeness (QED) is 0.0518. The Labute approximate surface area is 416 Å². The molecule has 1 aliphatic rings. The summed E-state index contributed by atoms with van der Waals surface area (Å²) >= 11 is 0. The van der Waals surface area contributed by atoms with E-state index in [2.05, 4.69) is 86.7 Å². The summed E-state index contributed by atoms with van der Waals surface area (Å²) in [5, 5.41) is 3.35. The second-order valence-corrected chi connectivity index (χ2v) is 16.8. The largest absolute Gasteiger partial charge is 0.382 e. The number of H-pyrrole nitrogens is 4. The molecule has 20 heteroatoms. The molecular weight excluding hydrogens is 921 g/mol. The highest BCUT2D eigenvalue weighted by atomic mass is 16.5. The topological polar surface area (TPSA) is 208 Å². The summed E-state index contributed by atoms with van der Waals surface area (Å²) < 4.78 is 53.2. The maximum atomic E-state index is 5.95. The van der Waals surface area contributed by atoms with Crippen LogP contribution in [-0.4, -0.2) is 166 Å². The van der Waals surface area contributed by atoms with Crippen LogP contribution in [0.4, 0.5) is 0 Å². The van der Waals surface area contributed by atoms with Gasteiger partial charge in [0.25, 0.3) is 0 Å². The van der Waals surface area contributed by atoms with E-state index in [0.29, 0.717) is 105 Å². The Bertz CT molecular complexity index is 2800. The van der Waals surface area contributed by atoms with Gasteiger partial charge in [0, 0.05) is 104 Å². The third-order valence-corrected chi connectivity index (χ3v) is 12.3. The molecule has 4 N–H and O–H groups in total. The van der Waals surface area contributed by atoms with E-state index in [1.54, 1.807) is 28.4 Å². The van der Waals surface area contributed by atoms with Crippen LogP contribution in [0.25, 0.3) is 22.3 Å². The summed E-state index contributed by atoms with van der Waals surface area (Å²) in [5.74, 6) is 3.01. The van der Waals surface area contributed by atoms with Gasteiger partial charge >= 0.3 is 0 Å². The van der Waals surface area contributed by atoms with Crippen LogP contribution in [-0.2, 0) is 64.1 Å². The van der Waals surface area contributed by atoms with Crippen LogP contribution in [0.2, 0.25) is 0 Å².